The number of ether oxygens (including phenoxy) is 2. The Labute approximate surface area is 126 Å². The summed E-state index contributed by atoms with van der Waals surface area (Å²) < 4.78 is 10.5. The summed E-state index contributed by atoms with van der Waals surface area (Å²) in [5.74, 6) is 0.575. The molecule has 5 nitrogen and oxygen atoms in total. The smallest absolute Gasteiger partial charge is 0.260 e. The van der Waals surface area contributed by atoms with E-state index in [9.17, 15) is 4.79 Å². The van der Waals surface area contributed by atoms with Crippen molar-refractivity contribution in [3.63, 3.8) is 0 Å². The van der Waals surface area contributed by atoms with Crippen molar-refractivity contribution in [1.82, 2.24) is 4.90 Å². The van der Waals surface area contributed by atoms with Gasteiger partial charge >= 0.3 is 0 Å². The lowest BCUT2D eigenvalue weighted by molar-refractivity contribution is -0.134. The average Bonchev–Trinajstić information content (AvgIpc) is 2.52. The highest BCUT2D eigenvalue weighted by Gasteiger charge is 2.13. The zero-order valence-electron chi connectivity index (χ0n) is 12.9. The van der Waals surface area contributed by atoms with Crippen molar-refractivity contribution < 1.29 is 19.4 Å². The SMILES string of the molecule is CCc1cccc(OCC(=O)N(CCO)CCCOC)c1. The summed E-state index contributed by atoms with van der Waals surface area (Å²) in [6, 6.07) is 7.72. The Balaban J connectivity index is 2.47. The molecule has 118 valence electrons. The molecule has 0 atom stereocenters. The Hall–Kier alpha value is -1.59. The molecule has 0 saturated heterocycles. The second kappa shape index (κ2) is 10.2. The third-order valence-electron chi connectivity index (χ3n) is 3.17. The summed E-state index contributed by atoms with van der Waals surface area (Å²) in [4.78, 5) is 13.7. The molecule has 1 aromatic carbocycles. The number of carbonyl (C=O) groups excluding carboxylic acids is 1. The number of benzene rings is 1. The van der Waals surface area contributed by atoms with Gasteiger partial charge in [0.15, 0.2) is 6.61 Å². The minimum Gasteiger partial charge on any atom is -0.484 e. The number of nitrogens with zero attached hydrogens (tertiary/aromatic N) is 1. The first-order valence-corrected chi connectivity index (χ1v) is 7.30. The summed E-state index contributed by atoms with van der Waals surface area (Å²) in [6.45, 7) is 3.48. The van der Waals surface area contributed by atoms with Crippen molar-refractivity contribution in [2.75, 3.05) is 40.0 Å². The van der Waals surface area contributed by atoms with Crippen LogP contribution < -0.4 is 4.74 Å². The lowest BCUT2D eigenvalue weighted by atomic mass is 10.2. The van der Waals surface area contributed by atoms with E-state index in [4.69, 9.17) is 14.6 Å². The Bertz CT molecular complexity index is 422. The van der Waals surface area contributed by atoms with Crippen molar-refractivity contribution in [1.29, 1.82) is 0 Å². The van der Waals surface area contributed by atoms with Crippen LogP contribution in [0.3, 0.4) is 0 Å². The summed E-state index contributed by atoms with van der Waals surface area (Å²) in [5, 5.41) is 9.03. The van der Waals surface area contributed by atoms with Gasteiger partial charge in [0.1, 0.15) is 5.75 Å². The standard InChI is InChI=1S/C16H25NO4/c1-3-14-6-4-7-15(12-14)21-13-16(19)17(9-10-18)8-5-11-20-2/h4,6-7,12,18H,3,5,8-11,13H2,1-2H3. The summed E-state index contributed by atoms with van der Waals surface area (Å²) >= 11 is 0. The van der Waals surface area contributed by atoms with Crippen LogP contribution in [0.15, 0.2) is 24.3 Å². The van der Waals surface area contributed by atoms with E-state index in [2.05, 4.69) is 6.92 Å². The van der Waals surface area contributed by atoms with Crippen LogP contribution in [0.2, 0.25) is 0 Å². The molecular weight excluding hydrogens is 270 g/mol. The van der Waals surface area contributed by atoms with Crippen LogP contribution in [0.1, 0.15) is 18.9 Å². The highest BCUT2D eigenvalue weighted by Crippen LogP contribution is 2.13. The maximum Gasteiger partial charge on any atom is 0.260 e. The van der Waals surface area contributed by atoms with Gasteiger partial charge in [0.05, 0.1) is 6.61 Å². The molecule has 1 amide bonds. The van der Waals surface area contributed by atoms with Gasteiger partial charge in [0.2, 0.25) is 0 Å². The number of hydrogen-bond acceptors (Lipinski definition) is 4. The molecule has 0 bridgehead atoms. The number of aryl methyl sites for hydroxylation is 1. The number of carbonyl (C=O) groups is 1. The van der Waals surface area contributed by atoms with E-state index >= 15 is 0 Å². The number of methoxy groups -OCH3 is 1. The van der Waals surface area contributed by atoms with Crippen molar-refractivity contribution in [3.8, 4) is 5.75 Å². The second-order valence-electron chi connectivity index (χ2n) is 4.74. The molecule has 0 fully saturated rings. The maximum atomic E-state index is 12.1. The van der Waals surface area contributed by atoms with E-state index in [1.807, 2.05) is 24.3 Å². The van der Waals surface area contributed by atoms with Gasteiger partial charge in [-0.05, 0) is 30.5 Å². The average molecular weight is 295 g/mol. The zero-order valence-corrected chi connectivity index (χ0v) is 12.9. The maximum absolute atomic E-state index is 12.1. The van der Waals surface area contributed by atoms with Crippen LogP contribution in [-0.2, 0) is 16.0 Å². The van der Waals surface area contributed by atoms with Gasteiger partial charge in [0.25, 0.3) is 5.91 Å². The first-order valence-electron chi connectivity index (χ1n) is 7.30. The van der Waals surface area contributed by atoms with Crippen LogP contribution in [0, 0.1) is 0 Å². The molecule has 0 saturated carbocycles. The van der Waals surface area contributed by atoms with Gasteiger partial charge in [-0.25, -0.2) is 0 Å². The van der Waals surface area contributed by atoms with Gasteiger partial charge in [-0.1, -0.05) is 19.1 Å². The van der Waals surface area contributed by atoms with E-state index in [-0.39, 0.29) is 19.1 Å². The molecule has 0 aliphatic carbocycles. The number of rotatable bonds is 10. The molecule has 0 unspecified atom stereocenters. The van der Waals surface area contributed by atoms with Gasteiger partial charge in [-0.3, -0.25) is 4.79 Å². The second-order valence-corrected chi connectivity index (χ2v) is 4.74. The Morgan fingerprint density at radius 3 is 2.81 bits per heavy atom. The molecule has 0 spiro atoms. The third-order valence-corrected chi connectivity index (χ3v) is 3.17. The number of aliphatic hydroxyl groups excluding tert-OH is 1. The fourth-order valence-electron chi connectivity index (χ4n) is 1.97. The Morgan fingerprint density at radius 2 is 2.14 bits per heavy atom. The van der Waals surface area contributed by atoms with E-state index in [0.29, 0.717) is 25.4 Å². The summed E-state index contributed by atoms with van der Waals surface area (Å²) in [6.07, 6.45) is 1.67. The summed E-state index contributed by atoms with van der Waals surface area (Å²) in [7, 11) is 1.63. The van der Waals surface area contributed by atoms with Crippen molar-refractivity contribution in [2.24, 2.45) is 0 Å². The minimum atomic E-state index is -0.123. The van der Waals surface area contributed by atoms with Gasteiger partial charge in [0, 0.05) is 26.8 Å². The number of aliphatic hydroxyl groups is 1. The Morgan fingerprint density at radius 1 is 1.33 bits per heavy atom. The van der Waals surface area contributed by atoms with E-state index < -0.39 is 0 Å². The highest BCUT2D eigenvalue weighted by molar-refractivity contribution is 5.77. The van der Waals surface area contributed by atoms with Gasteiger partial charge in [-0.15, -0.1) is 0 Å². The predicted octanol–water partition coefficient (Wildman–Crippen LogP) is 1.49. The molecule has 0 aliphatic heterocycles. The van der Waals surface area contributed by atoms with E-state index in [1.165, 1.54) is 5.56 Å². The summed E-state index contributed by atoms with van der Waals surface area (Å²) in [5.41, 5.74) is 1.17. The molecule has 21 heavy (non-hydrogen) atoms. The lowest BCUT2D eigenvalue weighted by Crippen LogP contribution is -2.38. The van der Waals surface area contributed by atoms with E-state index in [1.54, 1.807) is 12.0 Å². The third kappa shape index (κ3) is 6.60. The highest BCUT2D eigenvalue weighted by atomic mass is 16.5. The normalized spacial score (nSPS) is 10.4. The number of amides is 1. The molecule has 0 aromatic heterocycles. The first-order chi connectivity index (χ1) is 10.2. The van der Waals surface area contributed by atoms with Gasteiger partial charge in [-0.2, -0.15) is 0 Å². The van der Waals surface area contributed by atoms with Gasteiger partial charge < -0.3 is 19.5 Å². The molecule has 1 rings (SSSR count). The molecule has 0 aliphatic rings. The number of hydrogen-bond donors (Lipinski definition) is 1. The fourth-order valence-corrected chi connectivity index (χ4v) is 1.97. The van der Waals surface area contributed by atoms with Crippen molar-refractivity contribution in [2.45, 2.75) is 19.8 Å². The van der Waals surface area contributed by atoms with Crippen LogP contribution in [0.25, 0.3) is 0 Å². The Kier molecular flexibility index (Phi) is 8.47. The lowest BCUT2D eigenvalue weighted by Gasteiger charge is -2.21. The van der Waals surface area contributed by atoms with Crippen molar-refractivity contribution in [3.05, 3.63) is 29.8 Å². The van der Waals surface area contributed by atoms with Crippen molar-refractivity contribution >= 4 is 5.91 Å². The van der Waals surface area contributed by atoms with Crippen LogP contribution in [0.4, 0.5) is 0 Å². The minimum absolute atomic E-state index is 0.0137. The quantitative estimate of drug-likeness (QED) is 0.664. The molecule has 1 N–H and O–H groups in total. The zero-order chi connectivity index (χ0) is 15.5. The molecular formula is C16H25NO4. The monoisotopic (exact) mass is 295 g/mol. The van der Waals surface area contributed by atoms with Crippen LogP contribution >= 0.6 is 0 Å². The van der Waals surface area contributed by atoms with Crippen LogP contribution in [-0.4, -0.2) is 55.9 Å². The fraction of sp³-hybridized carbons (Fsp3) is 0.562. The predicted molar refractivity (Wildman–Crippen MR) is 81.5 cm³/mol. The molecule has 1 aromatic rings. The van der Waals surface area contributed by atoms with Crippen LogP contribution in [0.5, 0.6) is 5.75 Å². The first kappa shape index (κ1) is 17.5. The molecule has 0 heterocycles. The molecule has 0 radical (unpaired) electrons. The van der Waals surface area contributed by atoms with E-state index in [0.717, 1.165) is 12.8 Å². The largest absolute Gasteiger partial charge is 0.484 e. The molecule has 5 heteroatoms. The topological polar surface area (TPSA) is 59.0 Å².